The molecule has 0 aliphatic carbocycles. The lowest BCUT2D eigenvalue weighted by atomic mass is 10.0. The first-order chi connectivity index (χ1) is 13.2. The highest BCUT2D eigenvalue weighted by molar-refractivity contribution is 6.06. The van der Waals surface area contributed by atoms with Gasteiger partial charge in [0, 0.05) is 18.4 Å². The lowest BCUT2D eigenvalue weighted by Crippen LogP contribution is -1.97. The average molecular weight is 359 g/mol. The number of nitrogens with two attached hydrogens (primary N) is 2. The maximum atomic E-state index is 6.20. The van der Waals surface area contributed by atoms with Gasteiger partial charge in [-0.25, -0.2) is 9.97 Å². The van der Waals surface area contributed by atoms with Crippen LogP contribution in [0.5, 0.6) is 0 Å². The highest BCUT2D eigenvalue weighted by Gasteiger charge is 2.12. The van der Waals surface area contributed by atoms with E-state index >= 15 is 0 Å². The van der Waals surface area contributed by atoms with Crippen LogP contribution in [-0.2, 0) is 19.4 Å². The van der Waals surface area contributed by atoms with Crippen molar-refractivity contribution < 1.29 is 0 Å². The summed E-state index contributed by atoms with van der Waals surface area (Å²) in [4.78, 5) is 12.7. The molecule has 0 bridgehead atoms. The van der Waals surface area contributed by atoms with Crippen molar-refractivity contribution in [3.05, 3.63) is 65.0 Å². The molecule has 0 amide bonds. The molecule has 27 heavy (non-hydrogen) atoms. The van der Waals surface area contributed by atoms with Gasteiger partial charge in [0.25, 0.3) is 0 Å². The van der Waals surface area contributed by atoms with Gasteiger partial charge >= 0.3 is 0 Å². The molecule has 0 radical (unpaired) electrons. The van der Waals surface area contributed by atoms with Gasteiger partial charge in [-0.15, -0.1) is 0 Å². The molecule has 0 aliphatic rings. The fourth-order valence-corrected chi connectivity index (χ4v) is 3.46. The minimum atomic E-state index is 0.511. The zero-order chi connectivity index (χ0) is 18.8. The van der Waals surface area contributed by atoms with Gasteiger partial charge in [0.15, 0.2) is 0 Å². The van der Waals surface area contributed by atoms with Crippen LogP contribution in [0, 0.1) is 0 Å². The van der Waals surface area contributed by atoms with Crippen molar-refractivity contribution in [2.24, 2.45) is 5.73 Å². The lowest BCUT2D eigenvalue weighted by Gasteiger charge is -2.06. The summed E-state index contributed by atoms with van der Waals surface area (Å²) >= 11 is 0. The van der Waals surface area contributed by atoms with Crippen LogP contribution in [0.2, 0.25) is 0 Å². The normalized spacial score (nSPS) is 11.5. The Balaban J connectivity index is 1.70. The molecule has 0 saturated carbocycles. The summed E-state index contributed by atoms with van der Waals surface area (Å²) in [6.45, 7) is 2.75. The number of aryl methyl sites for hydroxylation is 1. The lowest BCUT2D eigenvalue weighted by molar-refractivity contribution is 0.765. The first-order valence-electron chi connectivity index (χ1n) is 9.52. The van der Waals surface area contributed by atoms with E-state index < -0.39 is 0 Å². The number of imidazole rings is 1. The van der Waals surface area contributed by atoms with Gasteiger partial charge in [0.1, 0.15) is 22.7 Å². The van der Waals surface area contributed by atoms with Crippen LogP contribution in [0.3, 0.4) is 0 Å². The number of hydrogen-bond donors (Lipinski definition) is 3. The fraction of sp³-hybridized carbons (Fsp3) is 0.273. The van der Waals surface area contributed by atoms with Crippen LogP contribution in [0.4, 0.5) is 5.82 Å². The van der Waals surface area contributed by atoms with Crippen molar-refractivity contribution in [2.75, 3.05) is 5.73 Å². The number of rotatable bonds is 6. The van der Waals surface area contributed by atoms with Crippen LogP contribution in [0.15, 0.2) is 42.5 Å². The van der Waals surface area contributed by atoms with Crippen LogP contribution in [0.1, 0.15) is 42.3 Å². The molecule has 5 heteroatoms. The highest BCUT2D eigenvalue weighted by atomic mass is 15.0. The molecule has 0 saturated heterocycles. The summed E-state index contributed by atoms with van der Waals surface area (Å²) in [5.41, 5.74) is 18.1. The third-order valence-electron chi connectivity index (χ3n) is 5.00. The zero-order valence-electron chi connectivity index (χ0n) is 15.6. The molecular formula is C22H25N5. The highest BCUT2D eigenvalue weighted by Crippen LogP contribution is 2.27. The number of nitrogens with zero attached hydrogens (tertiary/aromatic N) is 2. The SMILES string of the molecule is CCCCc1nc2c([nH]1)c(N)nc1cc(Cc3ccc(CN)cc3)ccc12. The number of aromatic nitrogens is 3. The van der Waals surface area contributed by atoms with E-state index in [-0.39, 0.29) is 0 Å². The molecule has 5 nitrogen and oxygen atoms in total. The summed E-state index contributed by atoms with van der Waals surface area (Å²) in [5.74, 6) is 1.49. The summed E-state index contributed by atoms with van der Waals surface area (Å²) in [6, 6.07) is 14.8. The summed E-state index contributed by atoms with van der Waals surface area (Å²) in [6.07, 6.45) is 4.03. The first kappa shape index (κ1) is 17.5. The molecule has 0 unspecified atom stereocenters. The number of unbranched alkanes of at least 4 members (excludes halogenated alkanes) is 1. The smallest absolute Gasteiger partial charge is 0.150 e. The van der Waals surface area contributed by atoms with Gasteiger partial charge in [-0.05, 0) is 35.6 Å². The van der Waals surface area contributed by atoms with E-state index in [2.05, 4.69) is 59.4 Å². The third kappa shape index (κ3) is 3.51. The molecule has 0 atom stereocenters. The summed E-state index contributed by atoms with van der Waals surface area (Å²) < 4.78 is 0. The second-order valence-corrected chi connectivity index (χ2v) is 7.06. The number of fused-ring (bicyclic) bond motifs is 3. The van der Waals surface area contributed by atoms with E-state index in [4.69, 9.17) is 16.5 Å². The Labute approximate surface area is 158 Å². The summed E-state index contributed by atoms with van der Waals surface area (Å²) in [5, 5.41) is 1.04. The van der Waals surface area contributed by atoms with Gasteiger partial charge in [-0.2, -0.15) is 0 Å². The Kier molecular flexibility index (Phi) is 4.77. The second-order valence-electron chi connectivity index (χ2n) is 7.06. The Morgan fingerprint density at radius 3 is 2.44 bits per heavy atom. The van der Waals surface area contributed by atoms with Crippen molar-refractivity contribution >= 4 is 27.8 Å². The quantitative estimate of drug-likeness (QED) is 0.483. The van der Waals surface area contributed by atoms with Crippen LogP contribution in [-0.4, -0.2) is 15.0 Å². The van der Waals surface area contributed by atoms with E-state index in [1.165, 1.54) is 11.1 Å². The van der Waals surface area contributed by atoms with Crippen molar-refractivity contribution in [3.63, 3.8) is 0 Å². The third-order valence-corrected chi connectivity index (χ3v) is 5.00. The standard InChI is InChI=1S/C22H25N5/c1-2-3-4-19-26-20-17-10-9-16(11-14-5-7-15(13-23)8-6-14)12-18(17)25-22(24)21(20)27-19/h5-10,12H,2-4,11,13,23H2,1H3,(H2,24,25)(H,26,27). The van der Waals surface area contributed by atoms with Crippen LogP contribution < -0.4 is 11.5 Å². The van der Waals surface area contributed by atoms with E-state index in [1.54, 1.807) is 0 Å². The largest absolute Gasteiger partial charge is 0.382 e. The van der Waals surface area contributed by atoms with Gasteiger partial charge in [0.05, 0.1) is 5.52 Å². The van der Waals surface area contributed by atoms with E-state index in [0.29, 0.717) is 12.4 Å². The topological polar surface area (TPSA) is 93.6 Å². The Morgan fingerprint density at radius 1 is 0.963 bits per heavy atom. The van der Waals surface area contributed by atoms with Crippen LogP contribution >= 0.6 is 0 Å². The van der Waals surface area contributed by atoms with Crippen molar-refractivity contribution in [2.45, 2.75) is 39.2 Å². The number of anilines is 1. The molecule has 4 aromatic rings. The number of benzene rings is 2. The number of hydrogen-bond acceptors (Lipinski definition) is 4. The van der Waals surface area contributed by atoms with Crippen LogP contribution in [0.25, 0.3) is 21.9 Å². The fourth-order valence-electron chi connectivity index (χ4n) is 3.46. The molecule has 0 aliphatic heterocycles. The number of nitrogen functional groups attached to an aromatic ring is 1. The predicted octanol–water partition coefficient (Wildman–Crippen LogP) is 4.09. The Bertz CT molecular complexity index is 1080. The molecule has 2 heterocycles. The maximum Gasteiger partial charge on any atom is 0.150 e. The monoisotopic (exact) mass is 359 g/mol. The van der Waals surface area contributed by atoms with Gasteiger partial charge in [-0.3, -0.25) is 0 Å². The van der Waals surface area contributed by atoms with Crippen molar-refractivity contribution in [1.29, 1.82) is 0 Å². The van der Waals surface area contributed by atoms with Gasteiger partial charge < -0.3 is 16.5 Å². The molecular weight excluding hydrogens is 334 g/mol. The number of H-pyrrole nitrogens is 1. The first-order valence-corrected chi connectivity index (χ1v) is 9.52. The number of nitrogens with one attached hydrogen (secondary N) is 1. The minimum Gasteiger partial charge on any atom is -0.382 e. The van der Waals surface area contributed by atoms with Crippen molar-refractivity contribution in [3.8, 4) is 0 Å². The van der Waals surface area contributed by atoms with E-state index in [1.807, 2.05) is 0 Å². The summed E-state index contributed by atoms with van der Waals surface area (Å²) in [7, 11) is 0. The van der Waals surface area contributed by atoms with Gasteiger partial charge in [0.2, 0.25) is 0 Å². The molecule has 5 N–H and O–H groups in total. The molecule has 2 aromatic carbocycles. The molecule has 0 fully saturated rings. The van der Waals surface area contributed by atoms with Gasteiger partial charge in [-0.1, -0.05) is 49.7 Å². The maximum absolute atomic E-state index is 6.20. The minimum absolute atomic E-state index is 0.511. The van der Waals surface area contributed by atoms with Crippen molar-refractivity contribution in [1.82, 2.24) is 15.0 Å². The van der Waals surface area contributed by atoms with E-state index in [0.717, 1.165) is 59.0 Å². The average Bonchev–Trinajstić information content (AvgIpc) is 3.12. The molecule has 138 valence electrons. The number of pyridine rings is 1. The molecule has 2 aromatic heterocycles. The Hall–Kier alpha value is -2.92. The second kappa shape index (κ2) is 7.37. The molecule has 0 spiro atoms. The number of aromatic amines is 1. The Morgan fingerprint density at radius 2 is 1.70 bits per heavy atom. The molecule has 4 rings (SSSR count). The van der Waals surface area contributed by atoms with E-state index in [9.17, 15) is 0 Å². The zero-order valence-corrected chi connectivity index (χ0v) is 15.6. The predicted molar refractivity (Wildman–Crippen MR) is 112 cm³/mol.